The van der Waals surface area contributed by atoms with Crippen molar-refractivity contribution >= 4 is 23.1 Å². The van der Waals surface area contributed by atoms with Gasteiger partial charge in [-0.05, 0) is 40.3 Å². The maximum atomic E-state index is 10.7. The third kappa shape index (κ3) is 6.29. The molecule has 1 heterocycles. The molecule has 1 aromatic heterocycles. The van der Waals surface area contributed by atoms with E-state index in [1.165, 1.54) is 11.1 Å². The first-order chi connectivity index (χ1) is 16.8. The zero-order valence-electron chi connectivity index (χ0n) is 20.3. The molecule has 1 N–H and O–H groups in total. The van der Waals surface area contributed by atoms with Crippen LogP contribution in [-0.4, -0.2) is 28.5 Å². The highest BCUT2D eigenvalue weighted by atomic mass is 16.6. The van der Waals surface area contributed by atoms with Crippen molar-refractivity contribution in [2.45, 2.75) is 39.3 Å². The number of aromatic nitrogens is 1. The number of aliphatic carboxylic acids is 1. The van der Waals surface area contributed by atoms with Gasteiger partial charge in [-0.2, -0.15) is 0 Å². The minimum absolute atomic E-state index is 0.115. The number of carboxylic acids is 1. The van der Waals surface area contributed by atoms with Gasteiger partial charge in [0.05, 0.1) is 6.21 Å². The van der Waals surface area contributed by atoms with Gasteiger partial charge in [0.25, 0.3) is 0 Å². The molecular weight excluding hydrogens is 440 g/mol. The number of carbonyl (C=O) groups is 1. The minimum Gasteiger partial charge on any atom is -0.489 e. The maximum Gasteiger partial charge on any atom is 0.344 e. The lowest BCUT2D eigenvalue weighted by molar-refractivity contribution is -0.142. The van der Waals surface area contributed by atoms with Gasteiger partial charge in [-0.3, -0.25) is 0 Å². The van der Waals surface area contributed by atoms with Gasteiger partial charge < -0.3 is 19.2 Å². The third-order valence-electron chi connectivity index (χ3n) is 5.76. The summed E-state index contributed by atoms with van der Waals surface area (Å²) in [7, 11) is 0. The lowest BCUT2D eigenvalue weighted by Crippen LogP contribution is -2.10. The standard InChI is InChI=1S/C29H30N2O4/c1-29(2,3)24-11-9-22(10-12-24)19-34-25-13-14-27-26(15-25)23(16-30-35-20-28(32)33)18-31(27)17-21-7-5-4-6-8-21/h4-16,18H,17,19-20H2,1-3H3,(H,32,33)/b30-16+. The Labute approximate surface area is 205 Å². The molecule has 0 aliphatic carbocycles. The van der Waals surface area contributed by atoms with Crippen molar-refractivity contribution in [3.05, 3.63) is 101 Å². The molecule has 0 amide bonds. The summed E-state index contributed by atoms with van der Waals surface area (Å²) in [5, 5.41) is 13.6. The Balaban J connectivity index is 1.57. The van der Waals surface area contributed by atoms with Crippen LogP contribution in [0, 0.1) is 0 Å². The predicted molar refractivity (Wildman–Crippen MR) is 138 cm³/mol. The summed E-state index contributed by atoms with van der Waals surface area (Å²) in [6.45, 7) is 7.27. The normalized spacial score (nSPS) is 11.7. The van der Waals surface area contributed by atoms with Gasteiger partial charge in [-0.1, -0.05) is 80.5 Å². The monoisotopic (exact) mass is 470 g/mol. The van der Waals surface area contributed by atoms with Gasteiger partial charge in [0.2, 0.25) is 6.61 Å². The average molecular weight is 471 g/mol. The van der Waals surface area contributed by atoms with Gasteiger partial charge in [0, 0.05) is 29.2 Å². The molecular formula is C29H30N2O4. The first-order valence-corrected chi connectivity index (χ1v) is 11.6. The van der Waals surface area contributed by atoms with E-state index in [4.69, 9.17) is 14.7 Å². The van der Waals surface area contributed by atoms with Crippen molar-refractivity contribution in [2.24, 2.45) is 5.16 Å². The second-order valence-corrected chi connectivity index (χ2v) is 9.51. The number of hydrogen-bond acceptors (Lipinski definition) is 4. The number of rotatable bonds is 9. The molecule has 180 valence electrons. The van der Waals surface area contributed by atoms with E-state index in [0.29, 0.717) is 13.2 Å². The number of hydrogen-bond donors (Lipinski definition) is 1. The van der Waals surface area contributed by atoms with Crippen LogP contribution >= 0.6 is 0 Å². The molecule has 0 spiro atoms. The summed E-state index contributed by atoms with van der Waals surface area (Å²) in [5.41, 5.74) is 5.52. The Morgan fingerprint density at radius 3 is 2.43 bits per heavy atom. The molecule has 0 unspecified atom stereocenters. The Hall–Kier alpha value is -4.06. The van der Waals surface area contributed by atoms with E-state index in [2.05, 4.69) is 66.9 Å². The molecule has 4 aromatic rings. The summed E-state index contributed by atoms with van der Waals surface area (Å²) in [6, 6.07) is 24.7. The van der Waals surface area contributed by atoms with Crippen molar-refractivity contribution in [2.75, 3.05) is 6.61 Å². The van der Waals surface area contributed by atoms with Gasteiger partial charge in [0.15, 0.2) is 0 Å². The first-order valence-electron chi connectivity index (χ1n) is 11.6. The molecule has 35 heavy (non-hydrogen) atoms. The zero-order chi connectivity index (χ0) is 24.8. The smallest absolute Gasteiger partial charge is 0.344 e. The van der Waals surface area contributed by atoms with Crippen LogP contribution in [0.15, 0.2) is 84.1 Å². The molecule has 0 aliphatic heterocycles. The molecule has 6 heteroatoms. The molecule has 6 nitrogen and oxygen atoms in total. The molecule has 0 atom stereocenters. The molecule has 4 rings (SSSR count). The van der Waals surface area contributed by atoms with E-state index in [9.17, 15) is 4.79 Å². The van der Waals surface area contributed by atoms with Crippen molar-refractivity contribution in [1.29, 1.82) is 0 Å². The second kappa shape index (κ2) is 10.5. The lowest BCUT2D eigenvalue weighted by Gasteiger charge is -2.19. The van der Waals surface area contributed by atoms with Gasteiger partial charge in [-0.15, -0.1) is 0 Å². The maximum absolute atomic E-state index is 10.7. The number of fused-ring (bicyclic) bond motifs is 1. The number of nitrogens with zero attached hydrogens (tertiary/aromatic N) is 2. The predicted octanol–water partition coefficient (Wildman–Crippen LogP) is 6.00. The van der Waals surface area contributed by atoms with Crippen LogP contribution in [0.2, 0.25) is 0 Å². The molecule has 3 aromatic carbocycles. The number of ether oxygens (including phenoxy) is 1. The zero-order valence-corrected chi connectivity index (χ0v) is 20.3. The van der Waals surface area contributed by atoms with E-state index >= 15 is 0 Å². The van der Waals surface area contributed by atoms with Crippen LogP contribution in [-0.2, 0) is 28.2 Å². The first kappa shape index (κ1) is 24.1. The Kier molecular flexibility index (Phi) is 7.20. The highest BCUT2D eigenvalue weighted by molar-refractivity contribution is 6.00. The minimum atomic E-state index is -1.07. The summed E-state index contributed by atoms with van der Waals surface area (Å²) in [5.74, 6) is -0.323. The summed E-state index contributed by atoms with van der Waals surface area (Å²) in [6.07, 6.45) is 3.53. The lowest BCUT2D eigenvalue weighted by atomic mass is 9.87. The Bertz CT molecular complexity index is 1320. The van der Waals surface area contributed by atoms with Gasteiger partial charge >= 0.3 is 5.97 Å². The van der Waals surface area contributed by atoms with Crippen molar-refractivity contribution in [3.63, 3.8) is 0 Å². The Morgan fingerprint density at radius 2 is 1.74 bits per heavy atom. The molecule has 0 fully saturated rings. The van der Waals surface area contributed by atoms with Crippen LogP contribution < -0.4 is 4.74 Å². The highest BCUT2D eigenvalue weighted by Gasteiger charge is 2.13. The molecule has 0 aliphatic rings. The molecule has 0 bridgehead atoms. The van der Waals surface area contributed by atoms with E-state index in [1.54, 1.807) is 6.21 Å². The van der Waals surface area contributed by atoms with E-state index in [0.717, 1.165) is 27.8 Å². The highest BCUT2D eigenvalue weighted by Crippen LogP contribution is 2.27. The van der Waals surface area contributed by atoms with Crippen molar-refractivity contribution < 1.29 is 19.5 Å². The fourth-order valence-electron chi connectivity index (χ4n) is 3.86. The summed E-state index contributed by atoms with van der Waals surface area (Å²) >= 11 is 0. The fourth-order valence-corrected chi connectivity index (χ4v) is 3.86. The van der Waals surface area contributed by atoms with Crippen LogP contribution in [0.3, 0.4) is 0 Å². The van der Waals surface area contributed by atoms with Crippen LogP contribution in [0.1, 0.15) is 43.0 Å². The summed E-state index contributed by atoms with van der Waals surface area (Å²) in [4.78, 5) is 15.6. The van der Waals surface area contributed by atoms with E-state index in [-0.39, 0.29) is 5.41 Å². The van der Waals surface area contributed by atoms with Crippen LogP contribution in [0.25, 0.3) is 10.9 Å². The molecule has 0 saturated carbocycles. The van der Waals surface area contributed by atoms with Gasteiger partial charge in [0.1, 0.15) is 12.4 Å². The molecule has 0 radical (unpaired) electrons. The number of oxime groups is 1. The van der Waals surface area contributed by atoms with E-state index in [1.807, 2.05) is 42.6 Å². The van der Waals surface area contributed by atoms with Crippen molar-refractivity contribution in [1.82, 2.24) is 4.57 Å². The number of carboxylic acid groups (broad SMARTS) is 1. The fraction of sp³-hybridized carbons (Fsp3) is 0.241. The number of benzene rings is 3. The Morgan fingerprint density at radius 1 is 1.00 bits per heavy atom. The van der Waals surface area contributed by atoms with Gasteiger partial charge in [-0.25, -0.2) is 4.79 Å². The SMILES string of the molecule is CC(C)(C)c1ccc(COc2ccc3c(c2)c(/C=N/OCC(=O)O)cn3Cc2ccccc2)cc1. The quantitative estimate of drug-likeness (QED) is 0.240. The third-order valence-corrected chi connectivity index (χ3v) is 5.76. The van der Waals surface area contributed by atoms with Crippen LogP contribution in [0.4, 0.5) is 0 Å². The molecule has 0 saturated heterocycles. The largest absolute Gasteiger partial charge is 0.489 e. The van der Waals surface area contributed by atoms with E-state index < -0.39 is 12.6 Å². The topological polar surface area (TPSA) is 73.1 Å². The summed E-state index contributed by atoms with van der Waals surface area (Å²) < 4.78 is 8.24. The van der Waals surface area contributed by atoms with Crippen LogP contribution in [0.5, 0.6) is 5.75 Å². The van der Waals surface area contributed by atoms with Crippen molar-refractivity contribution in [3.8, 4) is 5.75 Å². The average Bonchev–Trinajstić information content (AvgIpc) is 3.17. The second-order valence-electron chi connectivity index (χ2n) is 9.51.